The second kappa shape index (κ2) is 7.36. The molecule has 0 radical (unpaired) electrons. The Balaban J connectivity index is 1.72. The van der Waals surface area contributed by atoms with Crippen LogP contribution in [0.25, 0.3) is 6.08 Å². The minimum absolute atomic E-state index is 0.00442. The van der Waals surface area contributed by atoms with Gasteiger partial charge in [0.05, 0.1) is 4.91 Å². The largest absolute Gasteiger partial charge is 0.504 e. The number of carbonyl (C=O) groups excluding carboxylic acids is 3. The van der Waals surface area contributed by atoms with Gasteiger partial charge in [-0.1, -0.05) is 24.3 Å². The molecule has 1 unspecified atom stereocenters. The summed E-state index contributed by atoms with van der Waals surface area (Å²) >= 11 is 0.645. The molecule has 1 saturated carbocycles. The Morgan fingerprint density at radius 3 is 2.52 bits per heavy atom. The van der Waals surface area contributed by atoms with E-state index in [0.29, 0.717) is 30.2 Å². The fourth-order valence-electron chi connectivity index (χ4n) is 3.19. The lowest BCUT2D eigenvalue weighted by atomic mass is 9.97. The Hall–Kier alpha value is -3.13. The normalized spacial score (nSPS) is 19.1. The SMILES string of the molecule is O=C(C1CC1)C(c1ccccc1F)N1C(=O)S/C(=C\c2ccc(O)c(O)c2)C1=O. The van der Waals surface area contributed by atoms with Crippen LogP contribution in [0.1, 0.15) is 30.0 Å². The van der Waals surface area contributed by atoms with Crippen LogP contribution in [0.5, 0.6) is 11.5 Å². The van der Waals surface area contributed by atoms with Gasteiger partial charge in [0.15, 0.2) is 17.3 Å². The minimum Gasteiger partial charge on any atom is -0.504 e. The van der Waals surface area contributed by atoms with Gasteiger partial charge in [-0.15, -0.1) is 0 Å². The second-order valence-corrected chi connectivity index (χ2v) is 7.89. The van der Waals surface area contributed by atoms with Gasteiger partial charge >= 0.3 is 0 Å². The first kappa shape index (κ1) is 19.2. The summed E-state index contributed by atoms with van der Waals surface area (Å²) in [5, 5.41) is 18.4. The lowest BCUT2D eigenvalue weighted by Crippen LogP contribution is -2.38. The van der Waals surface area contributed by atoms with Gasteiger partial charge in [0.1, 0.15) is 11.9 Å². The number of phenols is 2. The van der Waals surface area contributed by atoms with E-state index in [9.17, 15) is 29.0 Å². The number of ketones is 1. The topological polar surface area (TPSA) is 94.9 Å². The quantitative estimate of drug-likeness (QED) is 0.568. The molecule has 2 aromatic carbocycles. The summed E-state index contributed by atoms with van der Waals surface area (Å²) in [5.41, 5.74) is 0.386. The highest BCUT2D eigenvalue weighted by atomic mass is 32.2. The van der Waals surface area contributed by atoms with Crippen LogP contribution in [0.4, 0.5) is 9.18 Å². The number of thioether (sulfide) groups is 1. The Morgan fingerprint density at radius 1 is 1.14 bits per heavy atom. The third kappa shape index (κ3) is 3.63. The van der Waals surface area contributed by atoms with Gasteiger partial charge in [-0.3, -0.25) is 19.3 Å². The minimum atomic E-state index is -1.31. The molecule has 2 aromatic rings. The lowest BCUT2D eigenvalue weighted by molar-refractivity contribution is -0.133. The first-order valence-electron chi connectivity index (χ1n) is 8.94. The molecule has 0 aromatic heterocycles. The predicted octanol–water partition coefficient (Wildman–Crippen LogP) is 3.99. The molecule has 1 saturated heterocycles. The maximum absolute atomic E-state index is 14.4. The summed E-state index contributed by atoms with van der Waals surface area (Å²) in [6.45, 7) is 0. The number of benzene rings is 2. The molecular weight excluding hydrogens is 397 g/mol. The maximum atomic E-state index is 14.4. The highest BCUT2D eigenvalue weighted by Gasteiger charge is 2.47. The van der Waals surface area contributed by atoms with Crippen molar-refractivity contribution < 1.29 is 29.0 Å². The summed E-state index contributed by atoms with van der Waals surface area (Å²) in [5.74, 6) is -2.67. The molecule has 29 heavy (non-hydrogen) atoms. The number of rotatable bonds is 5. The zero-order valence-electron chi connectivity index (χ0n) is 15.0. The van der Waals surface area contributed by atoms with E-state index in [1.807, 2.05) is 0 Å². The fraction of sp³-hybridized carbons (Fsp3) is 0.190. The van der Waals surface area contributed by atoms with Crippen molar-refractivity contribution in [1.82, 2.24) is 4.90 Å². The van der Waals surface area contributed by atoms with Gasteiger partial charge in [-0.2, -0.15) is 0 Å². The van der Waals surface area contributed by atoms with Gasteiger partial charge in [-0.25, -0.2) is 4.39 Å². The van der Waals surface area contributed by atoms with Crippen molar-refractivity contribution in [2.75, 3.05) is 0 Å². The molecule has 0 bridgehead atoms. The van der Waals surface area contributed by atoms with Crippen LogP contribution in [0.2, 0.25) is 0 Å². The summed E-state index contributed by atoms with van der Waals surface area (Å²) < 4.78 is 14.4. The average Bonchev–Trinajstić information content (AvgIpc) is 3.49. The molecule has 148 valence electrons. The van der Waals surface area contributed by atoms with E-state index < -0.39 is 23.0 Å². The van der Waals surface area contributed by atoms with E-state index in [0.717, 1.165) is 4.90 Å². The number of nitrogens with zero attached hydrogens (tertiary/aromatic N) is 1. The van der Waals surface area contributed by atoms with Crippen molar-refractivity contribution in [3.8, 4) is 11.5 Å². The Morgan fingerprint density at radius 2 is 1.86 bits per heavy atom. The molecule has 1 aliphatic heterocycles. The van der Waals surface area contributed by atoms with Gasteiger partial charge in [-0.05, 0) is 54.4 Å². The molecule has 2 fully saturated rings. The fourth-order valence-corrected chi connectivity index (χ4v) is 4.05. The smallest absolute Gasteiger partial charge is 0.294 e. The number of hydrogen-bond acceptors (Lipinski definition) is 6. The van der Waals surface area contributed by atoms with Gasteiger partial charge in [0.25, 0.3) is 11.1 Å². The zero-order chi connectivity index (χ0) is 20.7. The van der Waals surface area contributed by atoms with Crippen LogP contribution in [0.3, 0.4) is 0 Å². The Bertz CT molecular complexity index is 1060. The second-order valence-electron chi connectivity index (χ2n) is 6.90. The molecule has 1 heterocycles. The van der Waals surface area contributed by atoms with Crippen molar-refractivity contribution in [3.63, 3.8) is 0 Å². The Kier molecular flexibility index (Phi) is 4.87. The molecule has 2 N–H and O–H groups in total. The summed E-state index contributed by atoms with van der Waals surface area (Å²) in [6, 6.07) is 8.28. The molecule has 8 heteroatoms. The van der Waals surface area contributed by atoms with Crippen molar-refractivity contribution >= 4 is 34.8 Å². The van der Waals surface area contributed by atoms with Gasteiger partial charge in [0, 0.05) is 11.5 Å². The average molecular weight is 413 g/mol. The number of carbonyl (C=O) groups is 3. The summed E-state index contributed by atoms with van der Waals surface area (Å²) in [4.78, 5) is 39.4. The standard InChI is InChI=1S/C21H16FNO5S/c22-14-4-2-1-3-13(14)18(19(26)12-6-7-12)23-20(27)17(29-21(23)28)10-11-5-8-15(24)16(25)9-11/h1-5,8-10,12,18,24-25H,6-7H2/b17-10-. The zero-order valence-corrected chi connectivity index (χ0v) is 15.9. The molecule has 0 spiro atoms. The molecule has 1 aliphatic carbocycles. The first-order chi connectivity index (χ1) is 13.9. The summed E-state index contributed by atoms with van der Waals surface area (Å²) in [7, 11) is 0. The molecule has 4 rings (SSSR count). The molecule has 1 atom stereocenters. The number of Topliss-reactive ketones (excluding diaryl/α,β-unsaturated/α-hetero) is 1. The number of aromatic hydroxyl groups is 2. The first-order valence-corrected chi connectivity index (χ1v) is 9.75. The van der Waals surface area contributed by atoms with Gasteiger partial charge < -0.3 is 10.2 Å². The lowest BCUT2D eigenvalue weighted by Gasteiger charge is -2.25. The van der Waals surface area contributed by atoms with Crippen LogP contribution >= 0.6 is 11.8 Å². The number of amides is 2. The van der Waals surface area contributed by atoms with E-state index in [1.165, 1.54) is 42.5 Å². The molecular formula is C21H16FNO5S. The third-order valence-corrected chi connectivity index (χ3v) is 5.71. The molecule has 2 aliphatic rings. The van der Waals surface area contributed by atoms with Crippen LogP contribution in [-0.4, -0.2) is 32.0 Å². The van der Waals surface area contributed by atoms with Crippen molar-refractivity contribution in [1.29, 1.82) is 0 Å². The number of phenolic OH excluding ortho intramolecular Hbond substituents is 2. The van der Waals surface area contributed by atoms with E-state index in [1.54, 1.807) is 6.07 Å². The third-order valence-electron chi connectivity index (χ3n) is 4.83. The van der Waals surface area contributed by atoms with Crippen molar-refractivity contribution in [3.05, 3.63) is 64.3 Å². The highest BCUT2D eigenvalue weighted by molar-refractivity contribution is 8.18. The number of hydrogen-bond donors (Lipinski definition) is 2. The van der Waals surface area contributed by atoms with E-state index >= 15 is 0 Å². The Labute approximate surface area is 169 Å². The highest BCUT2D eigenvalue weighted by Crippen LogP contribution is 2.43. The van der Waals surface area contributed by atoms with E-state index in [2.05, 4.69) is 0 Å². The van der Waals surface area contributed by atoms with Crippen LogP contribution in [0, 0.1) is 11.7 Å². The molecule has 2 amide bonds. The van der Waals surface area contributed by atoms with E-state index in [4.69, 9.17) is 0 Å². The van der Waals surface area contributed by atoms with Crippen molar-refractivity contribution in [2.45, 2.75) is 18.9 Å². The summed E-state index contributed by atoms with van der Waals surface area (Å²) in [6.07, 6.45) is 2.69. The van der Waals surface area contributed by atoms with Gasteiger partial charge in [0.2, 0.25) is 0 Å². The van der Waals surface area contributed by atoms with Crippen molar-refractivity contribution in [2.24, 2.45) is 5.92 Å². The molecule has 6 nitrogen and oxygen atoms in total. The number of halogens is 1. The maximum Gasteiger partial charge on any atom is 0.294 e. The number of imide groups is 1. The van der Waals surface area contributed by atoms with Crippen LogP contribution < -0.4 is 0 Å². The van der Waals surface area contributed by atoms with E-state index in [-0.39, 0.29) is 33.7 Å². The predicted molar refractivity (Wildman–Crippen MR) is 104 cm³/mol. The van der Waals surface area contributed by atoms with Crippen LogP contribution in [0.15, 0.2) is 47.4 Å². The van der Waals surface area contributed by atoms with Crippen LogP contribution in [-0.2, 0) is 9.59 Å². The monoisotopic (exact) mass is 413 g/mol.